The van der Waals surface area contributed by atoms with E-state index in [1.165, 1.54) is 0 Å². The van der Waals surface area contributed by atoms with Gasteiger partial charge in [0.15, 0.2) is 11.5 Å². The molecule has 1 atom stereocenters. The monoisotopic (exact) mass is 289 g/mol. The Bertz CT molecular complexity index is 366. The van der Waals surface area contributed by atoms with E-state index in [0.717, 1.165) is 0 Å². The normalized spacial score (nSPS) is 12.5. The third kappa shape index (κ3) is 7.25. The van der Waals surface area contributed by atoms with Crippen molar-refractivity contribution >= 4 is 12.4 Å². The average Bonchev–Trinajstić information content (AvgIpc) is 2.33. The summed E-state index contributed by atoms with van der Waals surface area (Å²) in [5, 5.41) is 13.0. The molecule has 1 rings (SSSR count). The van der Waals surface area contributed by atoms with Crippen molar-refractivity contribution in [2.75, 3.05) is 20.3 Å². The van der Waals surface area contributed by atoms with Crippen molar-refractivity contribution in [3.05, 3.63) is 24.3 Å². The predicted octanol–water partition coefficient (Wildman–Crippen LogP) is 2.24. The van der Waals surface area contributed by atoms with Crippen LogP contribution in [-0.4, -0.2) is 37.0 Å². The molecule has 0 radical (unpaired) electrons. The molecule has 0 bridgehead atoms. The lowest BCUT2D eigenvalue weighted by Crippen LogP contribution is -2.42. The molecule has 0 fully saturated rings. The Balaban J connectivity index is 0.00000324. The van der Waals surface area contributed by atoms with E-state index in [1.54, 1.807) is 7.11 Å². The maximum absolute atomic E-state index is 9.81. The number of β-amino-alcohol motifs (C(OH)–C–C–N with tert-alkyl or cyclic N) is 1. The molecule has 19 heavy (non-hydrogen) atoms. The molecule has 1 aromatic carbocycles. The van der Waals surface area contributed by atoms with Crippen LogP contribution in [0.2, 0.25) is 0 Å². The van der Waals surface area contributed by atoms with Crippen molar-refractivity contribution in [2.45, 2.75) is 32.4 Å². The van der Waals surface area contributed by atoms with Gasteiger partial charge in [0.1, 0.15) is 12.7 Å². The van der Waals surface area contributed by atoms with Crippen LogP contribution >= 0.6 is 12.4 Å². The molecule has 0 heterocycles. The van der Waals surface area contributed by atoms with Crippen LogP contribution < -0.4 is 14.8 Å². The molecule has 0 aliphatic heterocycles. The Kier molecular flexibility index (Phi) is 7.83. The van der Waals surface area contributed by atoms with Gasteiger partial charge in [0.25, 0.3) is 0 Å². The molecular weight excluding hydrogens is 266 g/mol. The summed E-state index contributed by atoms with van der Waals surface area (Å²) in [6.07, 6.45) is -0.547. The number of halogens is 1. The number of benzene rings is 1. The highest BCUT2D eigenvalue weighted by atomic mass is 35.5. The van der Waals surface area contributed by atoms with E-state index in [9.17, 15) is 5.11 Å². The molecular formula is C14H24ClNO3. The van der Waals surface area contributed by atoms with Gasteiger partial charge in [-0.1, -0.05) is 12.1 Å². The summed E-state index contributed by atoms with van der Waals surface area (Å²) in [5.74, 6) is 1.32. The number of aliphatic hydroxyl groups is 1. The van der Waals surface area contributed by atoms with Crippen LogP contribution in [0.15, 0.2) is 24.3 Å². The highest BCUT2D eigenvalue weighted by molar-refractivity contribution is 5.85. The minimum atomic E-state index is -0.547. The van der Waals surface area contributed by atoms with Crippen LogP contribution in [0.5, 0.6) is 11.5 Å². The second-order valence-corrected chi connectivity index (χ2v) is 5.25. The number of hydrogen-bond donors (Lipinski definition) is 2. The van der Waals surface area contributed by atoms with Gasteiger partial charge in [0.05, 0.1) is 7.11 Å². The Morgan fingerprint density at radius 1 is 1.21 bits per heavy atom. The fraction of sp³-hybridized carbons (Fsp3) is 0.571. The van der Waals surface area contributed by atoms with Crippen molar-refractivity contribution in [1.29, 1.82) is 0 Å². The molecule has 1 aromatic rings. The zero-order valence-electron chi connectivity index (χ0n) is 12.0. The van der Waals surface area contributed by atoms with E-state index in [0.29, 0.717) is 18.0 Å². The van der Waals surface area contributed by atoms with Gasteiger partial charge >= 0.3 is 0 Å². The number of ether oxygens (including phenoxy) is 2. The van der Waals surface area contributed by atoms with E-state index in [2.05, 4.69) is 26.1 Å². The number of hydrogen-bond acceptors (Lipinski definition) is 4. The SMILES string of the molecule is COc1ccccc1OCC(O)CNC(C)(C)C.Cl. The lowest BCUT2D eigenvalue weighted by molar-refractivity contribution is 0.0985. The first-order chi connectivity index (χ1) is 8.42. The lowest BCUT2D eigenvalue weighted by Gasteiger charge is -2.23. The Morgan fingerprint density at radius 2 is 1.79 bits per heavy atom. The second-order valence-electron chi connectivity index (χ2n) is 5.25. The van der Waals surface area contributed by atoms with Crippen LogP contribution in [0, 0.1) is 0 Å². The van der Waals surface area contributed by atoms with Gasteiger partial charge in [-0.2, -0.15) is 0 Å². The third-order valence-corrected chi connectivity index (χ3v) is 2.37. The number of rotatable bonds is 6. The quantitative estimate of drug-likeness (QED) is 0.843. The zero-order chi connectivity index (χ0) is 13.6. The van der Waals surface area contributed by atoms with E-state index >= 15 is 0 Å². The van der Waals surface area contributed by atoms with Crippen molar-refractivity contribution in [3.8, 4) is 11.5 Å². The predicted molar refractivity (Wildman–Crippen MR) is 79.5 cm³/mol. The lowest BCUT2D eigenvalue weighted by atomic mass is 10.1. The van der Waals surface area contributed by atoms with Crippen LogP contribution in [0.4, 0.5) is 0 Å². The molecule has 0 amide bonds. The zero-order valence-corrected chi connectivity index (χ0v) is 12.8. The van der Waals surface area contributed by atoms with Gasteiger partial charge in [0, 0.05) is 12.1 Å². The molecule has 0 aliphatic carbocycles. The summed E-state index contributed by atoms with van der Waals surface area (Å²) in [5.41, 5.74) is -0.00851. The molecule has 0 aliphatic rings. The molecule has 0 spiro atoms. The first kappa shape index (κ1) is 18.0. The number of aliphatic hydroxyl groups excluding tert-OH is 1. The second kappa shape index (κ2) is 8.25. The molecule has 2 N–H and O–H groups in total. The van der Waals surface area contributed by atoms with E-state index in [1.807, 2.05) is 24.3 Å². The summed E-state index contributed by atoms with van der Waals surface area (Å²) >= 11 is 0. The maximum Gasteiger partial charge on any atom is 0.161 e. The van der Waals surface area contributed by atoms with Gasteiger partial charge in [-0.15, -0.1) is 12.4 Å². The first-order valence-electron chi connectivity index (χ1n) is 6.11. The van der Waals surface area contributed by atoms with Gasteiger partial charge in [-0.25, -0.2) is 0 Å². The largest absolute Gasteiger partial charge is 0.493 e. The van der Waals surface area contributed by atoms with Crippen molar-refractivity contribution in [3.63, 3.8) is 0 Å². The van der Waals surface area contributed by atoms with E-state index < -0.39 is 6.10 Å². The molecule has 0 saturated carbocycles. The molecule has 1 unspecified atom stereocenters. The summed E-state index contributed by atoms with van der Waals surface area (Å²) in [6, 6.07) is 7.40. The van der Waals surface area contributed by atoms with Crippen molar-refractivity contribution < 1.29 is 14.6 Å². The molecule has 4 nitrogen and oxygen atoms in total. The molecule has 110 valence electrons. The van der Waals surface area contributed by atoms with E-state index in [-0.39, 0.29) is 24.6 Å². The highest BCUT2D eigenvalue weighted by Crippen LogP contribution is 2.25. The van der Waals surface area contributed by atoms with Crippen molar-refractivity contribution in [2.24, 2.45) is 0 Å². The Morgan fingerprint density at radius 3 is 2.32 bits per heavy atom. The fourth-order valence-corrected chi connectivity index (χ4v) is 1.41. The van der Waals surface area contributed by atoms with E-state index in [4.69, 9.17) is 9.47 Å². The van der Waals surface area contributed by atoms with Crippen LogP contribution in [0.25, 0.3) is 0 Å². The van der Waals surface area contributed by atoms with Gasteiger partial charge in [-0.3, -0.25) is 0 Å². The standard InChI is InChI=1S/C14H23NO3.ClH/c1-14(2,3)15-9-11(16)10-18-13-8-6-5-7-12(13)17-4;/h5-8,11,15-16H,9-10H2,1-4H3;1H. The molecule has 0 aromatic heterocycles. The summed E-state index contributed by atoms with van der Waals surface area (Å²) in [7, 11) is 1.60. The van der Waals surface area contributed by atoms with Crippen LogP contribution in [0.3, 0.4) is 0 Å². The van der Waals surface area contributed by atoms with Gasteiger partial charge in [0.2, 0.25) is 0 Å². The Hall–Kier alpha value is -0.970. The first-order valence-corrected chi connectivity index (χ1v) is 6.11. The Labute approximate surface area is 121 Å². The van der Waals surface area contributed by atoms with Crippen LogP contribution in [-0.2, 0) is 0 Å². The number of nitrogens with one attached hydrogen (secondary N) is 1. The number of methoxy groups -OCH3 is 1. The fourth-order valence-electron chi connectivity index (χ4n) is 1.41. The summed E-state index contributed by atoms with van der Waals surface area (Å²) in [6.45, 7) is 6.91. The van der Waals surface area contributed by atoms with Crippen LogP contribution in [0.1, 0.15) is 20.8 Å². The highest BCUT2D eigenvalue weighted by Gasteiger charge is 2.13. The maximum atomic E-state index is 9.81. The summed E-state index contributed by atoms with van der Waals surface area (Å²) in [4.78, 5) is 0. The minimum Gasteiger partial charge on any atom is -0.493 e. The van der Waals surface area contributed by atoms with Gasteiger partial charge in [-0.05, 0) is 32.9 Å². The van der Waals surface area contributed by atoms with Gasteiger partial charge < -0.3 is 19.9 Å². The summed E-state index contributed by atoms with van der Waals surface area (Å²) < 4.78 is 10.7. The number of para-hydroxylation sites is 2. The molecule has 5 heteroatoms. The van der Waals surface area contributed by atoms with Crippen molar-refractivity contribution in [1.82, 2.24) is 5.32 Å². The third-order valence-electron chi connectivity index (χ3n) is 2.37. The topological polar surface area (TPSA) is 50.7 Å². The smallest absolute Gasteiger partial charge is 0.161 e. The molecule has 0 saturated heterocycles. The minimum absolute atomic E-state index is 0. The average molecular weight is 290 g/mol.